The average molecular weight is 760 g/mol. The zero-order valence-electron chi connectivity index (χ0n) is 25.1. The molecule has 4 nitrogen and oxygen atoms in total. The summed E-state index contributed by atoms with van der Waals surface area (Å²) >= 11 is 0. The topological polar surface area (TPSA) is 51.8 Å². The van der Waals surface area contributed by atoms with Gasteiger partial charge in [0.15, 0.2) is 0 Å². The molecule has 0 bridgehead atoms. The van der Waals surface area contributed by atoms with E-state index in [1.165, 1.54) is 27.5 Å². The van der Waals surface area contributed by atoms with Gasteiger partial charge in [0.05, 0.1) is 5.58 Å². The van der Waals surface area contributed by atoms with Crippen molar-refractivity contribution < 1.29 is 24.5 Å². The quantitative estimate of drug-likeness (QED) is 0.168. The van der Waals surface area contributed by atoms with Crippen molar-refractivity contribution in [3.63, 3.8) is 0 Å². The zero-order chi connectivity index (χ0) is 30.0. The molecule has 4 aromatic heterocycles. The Morgan fingerprint density at radius 3 is 2.33 bits per heavy atom. The van der Waals surface area contributed by atoms with Crippen LogP contribution in [0.5, 0.6) is 0 Å². The summed E-state index contributed by atoms with van der Waals surface area (Å²) in [7, 11) is 0. The molecule has 1 radical (unpaired) electrons. The van der Waals surface area contributed by atoms with E-state index in [4.69, 9.17) is 4.42 Å². The van der Waals surface area contributed by atoms with E-state index in [-0.39, 0.29) is 20.1 Å². The van der Waals surface area contributed by atoms with Crippen molar-refractivity contribution >= 4 is 32.8 Å². The third-order valence-electron chi connectivity index (χ3n) is 7.71. The first-order valence-corrected chi connectivity index (χ1v) is 14.6. The molecule has 0 aliphatic heterocycles. The number of pyridine rings is 3. The maximum Gasteiger partial charge on any atom is 0.216 e. The summed E-state index contributed by atoms with van der Waals surface area (Å²) < 4.78 is 6.15. The van der Waals surface area contributed by atoms with E-state index in [0.717, 1.165) is 50.1 Å². The van der Waals surface area contributed by atoms with Crippen molar-refractivity contribution in [1.82, 2.24) is 15.0 Å². The van der Waals surface area contributed by atoms with Crippen LogP contribution in [-0.2, 0) is 20.1 Å². The fourth-order valence-electron chi connectivity index (χ4n) is 5.41. The fraction of sp³-hybridized carbons (Fsp3) is 0.0750. The van der Waals surface area contributed by atoms with Crippen LogP contribution >= 0.6 is 0 Å². The molecular formula is C40H29IrN3O-2. The second kappa shape index (κ2) is 13.0. The van der Waals surface area contributed by atoms with Crippen LogP contribution in [-0.4, -0.2) is 15.0 Å². The Hall–Kier alpha value is -4.96. The number of hydrogen-bond acceptors (Lipinski definition) is 4. The summed E-state index contributed by atoms with van der Waals surface area (Å²) in [6.07, 6.45) is 3.73. The molecule has 45 heavy (non-hydrogen) atoms. The average Bonchev–Trinajstić information content (AvgIpc) is 3.43. The normalized spacial score (nSPS) is 10.8. The number of aryl methyl sites for hydroxylation is 3. The van der Waals surface area contributed by atoms with E-state index >= 15 is 0 Å². The van der Waals surface area contributed by atoms with Crippen molar-refractivity contribution in [2.45, 2.75) is 20.8 Å². The molecule has 8 aromatic rings. The van der Waals surface area contributed by atoms with Gasteiger partial charge in [-0.1, -0.05) is 78.5 Å². The van der Waals surface area contributed by atoms with Gasteiger partial charge in [-0.25, -0.2) is 4.98 Å². The van der Waals surface area contributed by atoms with Gasteiger partial charge in [0.25, 0.3) is 0 Å². The van der Waals surface area contributed by atoms with E-state index < -0.39 is 0 Å². The maximum atomic E-state index is 6.15. The molecule has 0 spiro atoms. The predicted octanol–water partition coefficient (Wildman–Crippen LogP) is 10.1. The molecule has 8 rings (SSSR count). The molecule has 4 heterocycles. The van der Waals surface area contributed by atoms with Crippen LogP contribution in [0.1, 0.15) is 16.8 Å². The number of aromatic nitrogens is 3. The van der Waals surface area contributed by atoms with E-state index in [1.54, 1.807) is 0 Å². The smallest absolute Gasteiger partial charge is 0.216 e. The van der Waals surface area contributed by atoms with E-state index in [0.29, 0.717) is 5.71 Å². The van der Waals surface area contributed by atoms with Crippen molar-refractivity contribution in [2.75, 3.05) is 0 Å². The summed E-state index contributed by atoms with van der Waals surface area (Å²) in [4.78, 5) is 13.5. The molecule has 5 heteroatoms. The van der Waals surface area contributed by atoms with Gasteiger partial charge in [0.1, 0.15) is 0 Å². The Labute approximate surface area is 276 Å². The Balaban J connectivity index is 0.000000201. The Bertz CT molecular complexity index is 2210. The van der Waals surface area contributed by atoms with Crippen LogP contribution in [0.4, 0.5) is 0 Å². The fourth-order valence-corrected chi connectivity index (χ4v) is 5.41. The molecule has 0 unspecified atom stereocenters. The standard InChI is InChI=1S/C27H17N2O.C13H12N.Ir/c1-17-12-13-23-22-10-5-11-24(26(22)30-27(23)29-17)25-16-19(14-15-28-25)21-9-4-7-18-6-2-3-8-20(18)21;1-10-3-6-12(7-4-10)13-8-5-11(2)9-14-13;/h2-10,12-16H,1H3;3-6,8-9H,1-2H3;/q2*-1;. The molecular weight excluding hydrogens is 731 g/mol. The van der Waals surface area contributed by atoms with Crippen LogP contribution in [0.15, 0.2) is 126 Å². The number of nitrogens with zero attached hydrogens (tertiary/aromatic N) is 3. The summed E-state index contributed by atoms with van der Waals surface area (Å²) in [6.45, 7) is 6.06. The first-order valence-electron chi connectivity index (χ1n) is 14.6. The molecule has 0 saturated heterocycles. The van der Waals surface area contributed by atoms with E-state index in [2.05, 4.69) is 107 Å². The van der Waals surface area contributed by atoms with Crippen LogP contribution < -0.4 is 0 Å². The third kappa shape index (κ3) is 6.19. The minimum Gasteiger partial charge on any atom is -0.486 e. The van der Waals surface area contributed by atoms with E-state index in [9.17, 15) is 0 Å². The molecule has 0 atom stereocenters. The van der Waals surface area contributed by atoms with Gasteiger partial charge < -0.3 is 14.4 Å². The number of rotatable bonds is 3. The zero-order valence-corrected chi connectivity index (χ0v) is 27.5. The largest absolute Gasteiger partial charge is 0.486 e. The van der Waals surface area contributed by atoms with Gasteiger partial charge in [-0.05, 0) is 70.9 Å². The predicted molar refractivity (Wildman–Crippen MR) is 179 cm³/mol. The molecule has 0 saturated carbocycles. The van der Waals surface area contributed by atoms with Gasteiger partial charge >= 0.3 is 0 Å². The van der Waals surface area contributed by atoms with Gasteiger partial charge in [-0.15, -0.1) is 53.6 Å². The van der Waals surface area contributed by atoms with Crippen molar-refractivity contribution in [2.24, 2.45) is 0 Å². The molecule has 0 aliphatic carbocycles. The molecule has 0 N–H and O–H groups in total. The molecule has 0 aliphatic rings. The summed E-state index contributed by atoms with van der Waals surface area (Å²) in [5.74, 6) is 0. The second-order valence-electron chi connectivity index (χ2n) is 11.0. The van der Waals surface area contributed by atoms with E-state index in [1.807, 2.05) is 62.6 Å². The first kappa shape index (κ1) is 30.1. The van der Waals surface area contributed by atoms with Gasteiger partial charge in [-0.3, -0.25) is 0 Å². The van der Waals surface area contributed by atoms with Gasteiger partial charge in [0, 0.05) is 43.6 Å². The SMILES string of the molecule is Cc1c[c-]c(-c2ccc(C)cn2)cc1.Cc1ccc2c(n1)oc1c(-c3cc(-c4cccc5ccccc45)ccn3)[c-]ccc12.[Ir]. The molecule has 0 amide bonds. The van der Waals surface area contributed by atoms with Crippen LogP contribution in [0.25, 0.3) is 66.5 Å². The Kier molecular flexibility index (Phi) is 8.66. The number of fused-ring (bicyclic) bond motifs is 4. The summed E-state index contributed by atoms with van der Waals surface area (Å²) in [6, 6.07) is 43.7. The first-order chi connectivity index (χ1) is 21.5. The van der Waals surface area contributed by atoms with Gasteiger partial charge in [-0.2, -0.15) is 0 Å². The maximum absolute atomic E-state index is 6.15. The van der Waals surface area contributed by atoms with Gasteiger partial charge in [0.2, 0.25) is 5.71 Å². The van der Waals surface area contributed by atoms with Crippen molar-refractivity contribution in [3.8, 4) is 33.6 Å². The monoisotopic (exact) mass is 760 g/mol. The molecule has 0 fully saturated rings. The number of hydrogen-bond donors (Lipinski definition) is 0. The minimum absolute atomic E-state index is 0. The molecule has 221 valence electrons. The van der Waals surface area contributed by atoms with Crippen LogP contribution in [0, 0.1) is 32.9 Å². The van der Waals surface area contributed by atoms with Crippen LogP contribution in [0.3, 0.4) is 0 Å². The number of benzene rings is 4. The third-order valence-corrected chi connectivity index (χ3v) is 7.71. The Morgan fingerprint density at radius 1 is 0.667 bits per heavy atom. The Morgan fingerprint density at radius 2 is 1.51 bits per heavy atom. The summed E-state index contributed by atoms with van der Waals surface area (Å²) in [5, 5.41) is 4.49. The summed E-state index contributed by atoms with van der Waals surface area (Å²) in [5.41, 5.74) is 10.8. The van der Waals surface area contributed by atoms with Crippen LogP contribution in [0.2, 0.25) is 0 Å². The van der Waals surface area contributed by atoms with Crippen molar-refractivity contribution in [3.05, 3.63) is 151 Å². The van der Waals surface area contributed by atoms with Crippen molar-refractivity contribution in [1.29, 1.82) is 0 Å². The number of furan rings is 1. The second-order valence-corrected chi connectivity index (χ2v) is 11.0. The minimum atomic E-state index is 0. The molecule has 4 aromatic carbocycles.